The fourth-order valence-electron chi connectivity index (χ4n) is 8.67. The lowest BCUT2D eigenvalue weighted by Crippen LogP contribution is -2.45. The molecular formula is C59H111NO5. The molecule has 382 valence electrons. The number of esters is 1. The van der Waals surface area contributed by atoms with E-state index >= 15 is 0 Å². The number of carbonyl (C=O) groups is 2. The first-order chi connectivity index (χ1) is 32.0. The second kappa shape index (κ2) is 54.7. The van der Waals surface area contributed by atoms with Crippen molar-refractivity contribution < 1.29 is 24.5 Å². The third kappa shape index (κ3) is 51.3. The fraction of sp³-hybridized carbons (Fsp3) is 0.864. The van der Waals surface area contributed by atoms with Gasteiger partial charge in [0.25, 0.3) is 0 Å². The SMILES string of the molecule is CCCC/C=C\CCCCCCCC(=O)OCCCCCCCCCCC/C=C\CCCCCCCCCC(=O)NC(CO)C(O)/C=C/CCCCCCCCCCCCCCCCC. The van der Waals surface area contributed by atoms with Crippen molar-refractivity contribution in [1.29, 1.82) is 0 Å². The van der Waals surface area contributed by atoms with Crippen LogP contribution in [0.1, 0.15) is 303 Å². The summed E-state index contributed by atoms with van der Waals surface area (Å²) in [5.41, 5.74) is 0. The molecule has 0 spiro atoms. The Bertz CT molecular complexity index is 1060. The van der Waals surface area contributed by atoms with E-state index in [4.69, 9.17) is 4.74 Å². The lowest BCUT2D eigenvalue weighted by molar-refractivity contribution is -0.143. The zero-order valence-corrected chi connectivity index (χ0v) is 43.5. The Morgan fingerprint density at radius 3 is 1.14 bits per heavy atom. The number of allylic oxidation sites excluding steroid dienone is 5. The van der Waals surface area contributed by atoms with Crippen LogP contribution in [0.5, 0.6) is 0 Å². The van der Waals surface area contributed by atoms with Gasteiger partial charge < -0.3 is 20.3 Å². The topological polar surface area (TPSA) is 95.9 Å². The van der Waals surface area contributed by atoms with Crippen molar-refractivity contribution in [2.75, 3.05) is 13.2 Å². The number of amides is 1. The van der Waals surface area contributed by atoms with E-state index in [0.717, 1.165) is 51.4 Å². The maximum Gasteiger partial charge on any atom is 0.305 e. The average molecular weight is 915 g/mol. The number of aliphatic hydroxyl groups is 2. The number of ether oxygens (including phenoxy) is 1. The van der Waals surface area contributed by atoms with Crippen LogP contribution in [0, 0.1) is 0 Å². The van der Waals surface area contributed by atoms with E-state index in [-0.39, 0.29) is 18.5 Å². The van der Waals surface area contributed by atoms with E-state index in [1.807, 2.05) is 6.08 Å². The molecule has 0 heterocycles. The van der Waals surface area contributed by atoms with Gasteiger partial charge in [0, 0.05) is 12.8 Å². The minimum atomic E-state index is -0.850. The van der Waals surface area contributed by atoms with E-state index < -0.39 is 12.1 Å². The molecule has 0 aliphatic heterocycles. The van der Waals surface area contributed by atoms with E-state index in [0.29, 0.717) is 19.4 Å². The van der Waals surface area contributed by atoms with Crippen LogP contribution in [0.3, 0.4) is 0 Å². The van der Waals surface area contributed by atoms with Crippen LogP contribution in [-0.4, -0.2) is 47.4 Å². The Morgan fingerprint density at radius 1 is 0.415 bits per heavy atom. The van der Waals surface area contributed by atoms with Crippen molar-refractivity contribution >= 4 is 11.9 Å². The number of rotatable bonds is 53. The molecule has 0 fully saturated rings. The van der Waals surface area contributed by atoms with E-state index in [2.05, 4.69) is 43.5 Å². The maximum absolute atomic E-state index is 12.5. The largest absolute Gasteiger partial charge is 0.466 e. The minimum absolute atomic E-state index is 0.00585. The van der Waals surface area contributed by atoms with Crippen LogP contribution in [0.15, 0.2) is 36.5 Å². The molecule has 0 radical (unpaired) electrons. The number of hydrogen-bond acceptors (Lipinski definition) is 5. The number of aliphatic hydroxyl groups excluding tert-OH is 2. The number of nitrogens with one attached hydrogen (secondary N) is 1. The summed E-state index contributed by atoms with van der Waals surface area (Å²) in [5, 5.41) is 23.1. The fourth-order valence-corrected chi connectivity index (χ4v) is 8.67. The number of carbonyl (C=O) groups excluding carboxylic acids is 2. The van der Waals surface area contributed by atoms with Crippen LogP contribution in [-0.2, 0) is 14.3 Å². The molecule has 0 aromatic carbocycles. The lowest BCUT2D eigenvalue weighted by Gasteiger charge is -2.20. The zero-order chi connectivity index (χ0) is 47.2. The monoisotopic (exact) mass is 914 g/mol. The molecular weight excluding hydrogens is 803 g/mol. The predicted octanol–water partition coefficient (Wildman–Crippen LogP) is 17.6. The Labute approximate surface area is 404 Å². The highest BCUT2D eigenvalue weighted by atomic mass is 16.5. The summed E-state index contributed by atoms with van der Waals surface area (Å²) in [5.74, 6) is -0.0816. The van der Waals surface area contributed by atoms with Crippen LogP contribution in [0.25, 0.3) is 0 Å². The Kier molecular flexibility index (Phi) is 53.1. The summed E-state index contributed by atoms with van der Waals surface area (Å²) in [6.07, 6.45) is 67.3. The first kappa shape index (κ1) is 63.1. The molecule has 0 aromatic heterocycles. The molecule has 0 aliphatic rings. The molecule has 2 unspecified atom stereocenters. The molecule has 1 amide bonds. The zero-order valence-electron chi connectivity index (χ0n) is 43.5. The molecule has 0 aliphatic carbocycles. The van der Waals surface area contributed by atoms with Gasteiger partial charge in [-0.2, -0.15) is 0 Å². The first-order valence-electron chi connectivity index (χ1n) is 28.8. The summed E-state index contributed by atoms with van der Waals surface area (Å²) >= 11 is 0. The van der Waals surface area contributed by atoms with Crippen LogP contribution in [0.4, 0.5) is 0 Å². The van der Waals surface area contributed by atoms with Gasteiger partial charge >= 0.3 is 5.97 Å². The van der Waals surface area contributed by atoms with E-state index in [9.17, 15) is 19.8 Å². The van der Waals surface area contributed by atoms with Gasteiger partial charge in [0.05, 0.1) is 25.4 Å². The Hall–Kier alpha value is -1.92. The predicted molar refractivity (Wildman–Crippen MR) is 283 cm³/mol. The van der Waals surface area contributed by atoms with Crippen molar-refractivity contribution in [3.8, 4) is 0 Å². The third-order valence-electron chi connectivity index (χ3n) is 13.1. The van der Waals surface area contributed by atoms with E-state index in [1.54, 1.807) is 6.08 Å². The van der Waals surface area contributed by atoms with Gasteiger partial charge in [0.15, 0.2) is 0 Å². The average Bonchev–Trinajstić information content (AvgIpc) is 3.31. The molecule has 6 nitrogen and oxygen atoms in total. The normalized spacial score (nSPS) is 12.9. The third-order valence-corrected chi connectivity index (χ3v) is 13.1. The Morgan fingerprint density at radius 2 is 0.738 bits per heavy atom. The first-order valence-corrected chi connectivity index (χ1v) is 28.8. The van der Waals surface area contributed by atoms with Gasteiger partial charge in [-0.15, -0.1) is 0 Å². The Balaban J connectivity index is 3.48. The minimum Gasteiger partial charge on any atom is -0.466 e. The molecule has 0 rings (SSSR count). The second-order valence-electron chi connectivity index (χ2n) is 19.6. The van der Waals surface area contributed by atoms with Gasteiger partial charge in [0.1, 0.15) is 0 Å². The van der Waals surface area contributed by atoms with Crippen LogP contribution < -0.4 is 5.32 Å². The van der Waals surface area contributed by atoms with Crippen LogP contribution >= 0.6 is 0 Å². The highest BCUT2D eigenvalue weighted by molar-refractivity contribution is 5.76. The molecule has 0 bridgehead atoms. The smallest absolute Gasteiger partial charge is 0.305 e. The summed E-state index contributed by atoms with van der Waals surface area (Å²) in [7, 11) is 0. The number of hydrogen-bond donors (Lipinski definition) is 3. The van der Waals surface area contributed by atoms with Crippen molar-refractivity contribution in [2.45, 2.75) is 315 Å². The quantitative estimate of drug-likeness (QED) is 0.0321. The molecule has 0 aromatic rings. The standard InChI is InChI=1S/C59H111NO5/c1-3-5-7-9-11-13-15-16-17-22-25-28-32-35-39-43-47-51-57(62)56(55-61)60-58(63)52-48-44-40-36-33-29-26-23-20-18-19-21-24-27-30-34-38-42-46-50-54-65-59(64)53-49-45-41-37-31-14-12-10-8-6-4-2/h10,12,18,20,47,51,56-57,61-62H,3-9,11,13-17,19,21-46,48-50,52-55H2,1-2H3,(H,60,63)/b12-10-,20-18-,51-47+. The second-order valence-corrected chi connectivity index (χ2v) is 19.6. The molecule has 0 saturated carbocycles. The van der Waals surface area contributed by atoms with Crippen molar-refractivity contribution in [1.82, 2.24) is 5.32 Å². The van der Waals surface area contributed by atoms with Gasteiger partial charge in [-0.25, -0.2) is 0 Å². The molecule has 2 atom stereocenters. The van der Waals surface area contributed by atoms with Crippen LogP contribution in [0.2, 0.25) is 0 Å². The maximum atomic E-state index is 12.5. The molecule has 6 heteroatoms. The van der Waals surface area contributed by atoms with Gasteiger partial charge in [-0.1, -0.05) is 249 Å². The van der Waals surface area contributed by atoms with Gasteiger partial charge in [-0.3, -0.25) is 9.59 Å². The van der Waals surface area contributed by atoms with Crippen molar-refractivity contribution in [2.24, 2.45) is 0 Å². The molecule has 0 saturated heterocycles. The van der Waals surface area contributed by atoms with Crippen molar-refractivity contribution in [3.63, 3.8) is 0 Å². The highest BCUT2D eigenvalue weighted by Gasteiger charge is 2.18. The highest BCUT2D eigenvalue weighted by Crippen LogP contribution is 2.16. The number of unbranched alkanes of at least 4 members (excludes halogenated alkanes) is 38. The summed E-state index contributed by atoms with van der Waals surface area (Å²) in [6.45, 7) is 4.86. The van der Waals surface area contributed by atoms with Gasteiger partial charge in [0.2, 0.25) is 5.91 Å². The van der Waals surface area contributed by atoms with E-state index in [1.165, 1.54) is 225 Å². The van der Waals surface area contributed by atoms with Gasteiger partial charge in [-0.05, 0) is 77.0 Å². The molecule has 65 heavy (non-hydrogen) atoms. The molecule has 3 N–H and O–H groups in total. The lowest BCUT2D eigenvalue weighted by atomic mass is 10.0. The summed E-state index contributed by atoms with van der Waals surface area (Å²) < 4.78 is 5.45. The van der Waals surface area contributed by atoms with Crippen molar-refractivity contribution in [3.05, 3.63) is 36.5 Å². The summed E-state index contributed by atoms with van der Waals surface area (Å²) in [6, 6.07) is -0.634. The summed E-state index contributed by atoms with van der Waals surface area (Å²) in [4.78, 5) is 24.4.